The molecular formula is C16H12O4. The topological polar surface area (TPSA) is 48.1 Å². The van der Waals surface area contributed by atoms with E-state index in [0.29, 0.717) is 11.3 Å². The molecule has 4 heteroatoms. The van der Waals surface area contributed by atoms with E-state index in [4.69, 9.17) is 14.2 Å². The summed E-state index contributed by atoms with van der Waals surface area (Å²) in [6.45, 7) is 0.247. The van der Waals surface area contributed by atoms with Gasteiger partial charge in [0.2, 0.25) is 6.79 Å². The lowest BCUT2D eigenvalue weighted by molar-refractivity contribution is 0.0953. The monoisotopic (exact) mass is 268 g/mol. The molecule has 2 aliphatic heterocycles. The lowest BCUT2D eigenvalue weighted by atomic mass is 10.0. The van der Waals surface area contributed by atoms with E-state index in [9.17, 15) is 4.79 Å². The summed E-state index contributed by atoms with van der Waals surface area (Å²) in [6.07, 6.45) is -0.574. The van der Waals surface area contributed by atoms with Crippen LogP contribution in [0.2, 0.25) is 0 Å². The zero-order valence-corrected chi connectivity index (χ0v) is 10.6. The summed E-state index contributed by atoms with van der Waals surface area (Å²) >= 11 is 0. The summed E-state index contributed by atoms with van der Waals surface area (Å²) in [5, 5.41) is 0. The van der Waals surface area contributed by atoms with Gasteiger partial charge in [-0.1, -0.05) is 36.4 Å². The minimum atomic E-state index is -0.391. The normalized spacial score (nSPS) is 22.6. The third-order valence-corrected chi connectivity index (χ3v) is 3.53. The number of Topliss-reactive ketones (excluding diaryl/α,β-unsaturated/α-hetero) is 1. The molecule has 0 spiro atoms. The van der Waals surface area contributed by atoms with E-state index in [-0.39, 0.29) is 18.7 Å². The van der Waals surface area contributed by atoms with E-state index in [1.54, 1.807) is 12.1 Å². The molecule has 2 atom stereocenters. The number of epoxide rings is 1. The Kier molecular flexibility index (Phi) is 2.50. The van der Waals surface area contributed by atoms with E-state index in [1.807, 2.05) is 36.4 Å². The van der Waals surface area contributed by atoms with Crippen molar-refractivity contribution in [2.75, 3.05) is 6.79 Å². The van der Waals surface area contributed by atoms with Crippen LogP contribution in [0, 0.1) is 0 Å². The summed E-state index contributed by atoms with van der Waals surface area (Å²) in [7, 11) is 0. The lowest BCUT2D eigenvalue weighted by Crippen LogP contribution is -2.07. The summed E-state index contributed by atoms with van der Waals surface area (Å²) in [5.74, 6) is 1.47. The molecule has 0 N–H and O–H groups in total. The van der Waals surface area contributed by atoms with Gasteiger partial charge < -0.3 is 14.2 Å². The van der Waals surface area contributed by atoms with Crippen molar-refractivity contribution in [1.29, 1.82) is 0 Å². The molecular weight excluding hydrogens is 256 g/mol. The second-order valence-electron chi connectivity index (χ2n) is 4.82. The summed E-state index contributed by atoms with van der Waals surface area (Å²) < 4.78 is 16.1. The molecule has 0 unspecified atom stereocenters. The molecule has 2 aromatic carbocycles. The molecule has 100 valence electrons. The number of hydrogen-bond acceptors (Lipinski definition) is 4. The fourth-order valence-electron chi connectivity index (χ4n) is 2.42. The highest BCUT2D eigenvalue weighted by Gasteiger charge is 2.46. The standard InChI is InChI=1S/C16H12O4/c17-14(10-4-2-1-3-5-10)16-15(20-16)11-6-7-12-13(8-11)19-9-18-12/h1-8,15-16H,9H2/t15-,16-/m0/s1. The van der Waals surface area contributed by atoms with Gasteiger partial charge in [0, 0.05) is 5.56 Å². The van der Waals surface area contributed by atoms with Gasteiger partial charge in [0.15, 0.2) is 23.4 Å². The minimum Gasteiger partial charge on any atom is -0.454 e. The Morgan fingerprint density at radius 2 is 1.80 bits per heavy atom. The summed E-state index contributed by atoms with van der Waals surface area (Å²) in [6, 6.07) is 14.9. The molecule has 4 rings (SSSR count). The van der Waals surface area contributed by atoms with Crippen LogP contribution in [0.3, 0.4) is 0 Å². The first-order chi connectivity index (χ1) is 9.83. The van der Waals surface area contributed by atoms with Gasteiger partial charge in [-0.25, -0.2) is 0 Å². The maximum Gasteiger partial charge on any atom is 0.231 e. The van der Waals surface area contributed by atoms with Gasteiger partial charge in [-0.15, -0.1) is 0 Å². The van der Waals surface area contributed by atoms with Crippen molar-refractivity contribution < 1.29 is 19.0 Å². The quantitative estimate of drug-likeness (QED) is 0.634. The molecule has 1 saturated heterocycles. The molecule has 20 heavy (non-hydrogen) atoms. The van der Waals surface area contributed by atoms with Crippen molar-refractivity contribution in [2.45, 2.75) is 12.2 Å². The second-order valence-corrected chi connectivity index (χ2v) is 4.82. The average Bonchev–Trinajstić information content (AvgIpc) is 3.17. The van der Waals surface area contributed by atoms with Crippen LogP contribution in [0.15, 0.2) is 48.5 Å². The van der Waals surface area contributed by atoms with Crippen LogP contribution in [0.25, 0.3) is 0 Å². The van der Waals surface area contributed by atoms with Gasteiger partial charge in [-0.05, 0) is 17.7 Å². The van der Waals surface area contributed by atoms with E-state index in [1.165, 1.54) is 0 Å². The van der Waals surface area contributed by atoms with E-state index >= 15 is 0 Å². The molecule has 0 amide bonds. The van der Waals surface area contributed by atoms with Gasteiger partial charge in [-0.3, -0.25) is 4.79 Å². The third kappa shape index (κ3) is 1.85. The Hall–Kier alpha value is -2.33. The molecule has 0 bridgehead atoms. The Morgan fingerprint density at radius 1 is 1.00 bits per heavy atom. The van der Waals surface area contributed by atoms with Gasteiger partial charge in [-0.2, -0.15) is 0 Å². The van der Waals surface area contributed by atoms with Crippen molar-refractivity contribution in [1.82, 2.24) is 0 Å². The van der Waals surface area contributed by atoms with Crippen LogP contribution in [-0.4, -0.2) is 18.7 Å². The fraction of sp³-hybridized carbons (Fsp3) is 0.188. The zero-order chi connectivity index (χ0) is 13.5. The van der Waals surface area contributed by atoms with Gasteiger partial charge in [0.1, 0.15) is 6.10 Å². The predicted molar refractivity (Wildman–Crippen MR) is 71.0 cm³/mol. The number of ketones is 1. The van der Waals surface area contributed by atoms with E-state index < -0.39 is 6.10 Å². The molecule has 0 aromatic heterocycles. The van der Waals surface area contributed by atoms with E-state index in [2.05, 4.69) is 0 Å². The number of ether oxygens (including phenoxy) is 3. The van der Waals surface area contributed by atoms with Crippen LogP contribution in [0.1, 0.15) is 22.0 Å². The SMILES string of the molecule is O=C(c1ccccc1)[C@@H]1O[C@H]1c1ccc2c(c1)OCO2. The second kappa shape index (κ2) is 4.35. The molecule has 0 saturated carbocycles. The number of rotatable bonds is 3. The number of carbonyl (C=O) groups excluding carboxylic acids is 1. The number of fused-ring (bicyclic) bond motifs is 1. The summed E-state index contributed by atoms with van der Waals surface area (Å²) in [4.78, 5) is 12.2. The van der Waals surface area contributed by atoms with Crippen LogP contribution < -0.4 is 9.47 Å². The molecule has 4 nitrogen and oxygen atoms in total. The zero-order valence-electron chi connectivity index (χ0n) is 10.6. The maximum atomic E-state index is 12.2. The minimum absolute atomic E-state index is 0.0215. The highest BCUT2D eigenvalue weighted by atomic mass is 16.7. The number of benzene rings is 2. The molecule has 0 aliphatic carbocycles. The first-order valence-corrected chi connectivity index (χ1v) is 6.47. The lowest BCUT2D eigenvalue weighted by Gasteiger charge is -1.99. The van der Waals surface area contributed by atoms with Crippen LogP contribution in [0.5, 0.6) is 11.5 Å². The molecule has 2 heterocycles. The van der Waals surface area contributed by atoms with E-state index in [0.717, 1.165) is 11.3 Å². The number of carbonyl (C=O) groups is 1. The first kappa shape index (κ1) is 11.5. The molecule has 1 fully saturated rings. The molecule has 2 aromatic rings. The largest absolute Gasteiger partial charge is 0.454 e. The van der Waals surface area contributed by atoms with Gasteiger partial charge in [0.05, 0.1) is 0 Å². The van der Waals surface area contributed by atoms with Crippen molar-refractivity contribution in [3.05, 3.63) is 59.7 Å². The Morgan fingerprint density at radius 3 is 2.65 bits per heavy atom. The highest BCUT2D eigenvalue weighted by Crippen LogP contribution is 2.44. The van der Waals surface area contributed by atoms with Crippen LogP contribution in [0.4, 0.5) is 0 Å². The van der Waals surface area contributed by atoms with Crippen molar-refractivity contribution >= 4 is 5.78 Å². The number of hydrogen-bond donors (Lipinski definition) is 0. The van der Waals surface area contributed by atoms with Gasteiger partial charge >= 0.3 is 0 Å². The van der Waals surface area contributed by atoms with Crippen molar-refractivity contribution in [3.63, 3.8) is 0 Å². The smallest absolute Gasteiger partial charge is 0.231 e. The maximum absolute atomic E-state index is 12.2. The Labute approximate surface area is 115 Å². The first-order valence-electron chi connectivity index (χ1n) is 6.47. The fourth-order valence-corrected chi connectivity index (χ4v) is 2.42. The Bertz CT molecular complexity index is 665. The average molecular weight is 268 g/mol. The third-order valence-electron chi connectivity index (χ3n) is 3.53. The van der Waals surface area contributed by atoms with Crippen LogP contribution in [-0.2, 0) is 4.74 Å². The molecule has 0 radical (unpaired) electrons. The van der Waals surface area contributed by atoms with Crippen molar-refractivity contribution in [3.8, 4) is 11.5 Å². The van der Waals surface area contributed by atoms with Crippen LogP contribution >= 0.6 is 0 Å². The predicted octanol–water partition coefficient (Wildman–Crippen LogP) is 2.74. The summed E-state index contributed by atoms with van der Waals surface area (Å²) in [5.41, 5.74) is 1.63. The highest BCUT2D eigenvalue weighted by molar-refractivity contribution is 6.01. The molecule has 2 aliphatic rings. The Balaban J connectivity index is 1.54. The van der Waals surface area contributed by atoms with Gasteiger partial charge in [0.25, 0.3) is 0 Å². The van der Waals surface area contributed by atoms with Crippen molar-refractivity contribution in [2.24, 2.45) is 0 Å².